The predicted octanol–water partition coefficient (Wildman–Crippen LogP) is 2.77. The molecular weight excluding hydrogens is 351 g/mol. The van der Waals surface area contributed by atoms with Gasteiger partial charge in [0.05, 0.1) is 24.6 Å². The van der Waals surface area contributed by atoms with Crippen molar-refractivity contribution in [2.75, 3.05) is 5.32 Å². The molecule has 3 aromatic heterocycles. The van der Waals surface area contributed by atoms with Crippen LogP contribution < -0.4 is 5.32 Å². The number of carbonyl (C=O) groups is 1. The Hall–Kier alpha value is -3.88. The van der Waals surface area contributed by atoms with Crippen molar-refractivity contribution < 1.29 is 13.7 Å². The van der Waals surface area contributed by atoms with Crippen LogP contribution in [0.15, 0.2) is 65.8 Å². The van der Waals surface area contributed by atoms with Gasteiger partial charge in [0, 0.05) is 24.7 Å². The Labute approximate surface area is 152 Å². The van der Waals surface area contributed by atoms with Gasteiger partial charge < -0.3 is 9.84 Å². The summed E-state index contributed by atoms with van der Waals surface area (Å²) < 4.78 is 20.0. The maximum atomic E-state index is 13.2. The summed E-state index contributed by atoms with van der Waals surface area (Å²) in [7, 11) is 0. The molecule has 0 unspecified atom stereocenters. The zero-order valence-corrected chi connectivity index (χ0v) is 13.9. The van der Waals surface area contributed by atoms with Crippen molar-refractivity contribution in [1.82, 2.24) is 24.9 Å². The summed E-state index contributed by atoms with van der Waals surface area (Å²) in [6.45, 7) is 0.383. The van der Waals surface area contributed by atoms with E-state index in [1.54, 1.807) is 23.0 Å². The number of nitrogens with one attached hydrogen (secondary N) is 1. The first-order valence-corrected chi connectivity index (χ1v) is 7.99. The van der Waals surface area contributed by atoms with Gasteiger partial charge in [-0.1, -0.05) is 17.3 Å². The van der Waals surface area contributed by atoms with Crippen molar-refractivity contribution in [1.29, 1.82) is 0 Å². The van der Waals surface area contributed by atoms with Crippen molar-refractivity contribution in [3.05, 3.63) is 78.4 Å². The number of amides is 1. The summed E-state index contributed by atoms with van der Waals surface area (Å²) >= 11 is 0. The molecule has 134 valence electrons. The molecule has 0 radical (unpaired) electrons. The van der Waals surface area contributed by atoms with Crippen molar-refractivity contribution in [2.45, 2.75) is 6.54 Å². The summed E-state index contributed by atoms with van der Waals surface area (Å²) in [5, 5.41) is 10.6. The lowest BCUT2D eigenvalue weighted by Crippen LogP contribution is -2.11. The number of halogens is 1. The highest BCUT2D eigenvalue weighted by molar-refractivity contribution is 6.03. The molecule has 3 heterocycles. The minimum atomic E-state index is -0.445. The molecule has 0 aliphatic heterocycles. The second-order valence-electron chi connectivity index (χ2n) is 5.68. The van der Waals surface area contributed by atoms with E-state index in [9.17, 15) is 9.18 Å². The van der Waals surface area contributed by atoms with Gasteiger partial charge in [-0.3, -0.25) is 14.5 Å². The standard InChI is InChI=1S/C18H13FN6O2/c19-13-3-1-2-12(6-13)10-25-11-14(8-22-25)23-18(26)15-7-17(27-24-15)16-9-20-4-5-21-16/h1-9,11H,10H2,(H,23,26). The lowest BCUT2D eigenvalue weighted by atomic mass is 10.2. The van der Waals surface area contributed by atoms with Gasteiger partial charge in [-0.25, -0.2) is 9.37 Å². The lowest BCUT2D eigenvalue weighted by molar-refractivity contribution is 0.101. The second-order valence-corrected chi connectivity index (χ2v) is 5.68. The van der Waals surface area contributed by atoms with E-state index < -0.39 is 5.91 Å². The van der Waals surface area contributed by atoms with E-state index in [1.165, 1.54) is 43.0 Å². The third kappa shape index (κ3) is 3.87. The molecule has 1 N–H and O–H groups in total. The van der Waals surface area contributed by atoms with Gasteiger partial charge >= 0.3 is 0 Å². The maximum absolute atomic E-state index is 13.2. The Morgan fingerprint density at radius 3 is 2.96 bits per heavy atom. The quantitative estimate of drug-likeness (QED) is 0.585. The second kappa shape index (κ2) is 7.16. The van der Waals surface area contributed by atoms with Crippen molar-refractivity contribution in [2.24, 2.45) is 0 Å². The van der Waals surface area contributed by atoms with E-state index in [4.69, 9.17) is 4.52 Å². The molecular formula is C18H13FN6O2. The molecule has 0 aliphatic carbocycles. The van der Waals surface area contributed by atoms with E-state index in [-0.39, 0.29) is 11.5 Å². The molecule has 0 spiro atoms. The highest BCUT2D eigenvalue weighted by Gasteiger charge is 2.15. The van der Waals surface area contributed by atoms with Crippen LogP contribution in [0.4, 0.5) is 10.1 Å². The summed E-state index contributed by atoms with van der Waals surface area (Å²) in [6.07, 6.45) is 7.71. The van der Waals surface area contributed by atoms with Gasteiger partial charge in [-0.05, 0) is 17.7 Å². The van der Waals surface area contributed by atoms with E-state index in [0.29, 0.717) is 23.7 Å². The summed E-state index contributed by atoms with van der Waals surface area (Å²) in [4.78, 5) is 20.3. The molecule has 1 amide bonds. The molecule has 0 bridgehead atoms. The molecule has 1 aromatic carbocycles. The van der Waals surface area contributed by atoms with Gasteiger partial charge in [0.15, 0.2) is 11.5 Å². The molecule has 27 heavy (non-hydrogen) atoms. The van der Waals surface area contributed by atoms with E-state index >= 15 is 0 Å². The molecule has 0 aliphatic rings. The smallest absolute Gasteiger partial charge is 0.277 e. The van der Waals surface area contributed by atoms with Crippen LogP contribution in [0.1, 0.15) is 16.1 Å². The normalized spacial score (nSPS) is 10.7. The van der Waals surface area contributed by atoms with Crippen LogP contribution >= 0.6 is 0 Å². The van der Waals surface area contributed by atoms with Crippen LogP contribution in [-0.2, 0) is 6.54 Å². The molecule has 0 atom stereocenters. The van der Waals surface area contributed by atoms with Crippen LogP contribution in [0, 0.1) is 5.82 Å². The zero-order valence-electron chi connectivity index (χ0n) is 13.9. The van der Waals surface area contributed by atoms with Crippen molar-refractivity contribution in [3.8, 4) is 11.5 Å². The number of benzene rings is 1. The van der Waals surface area contributed by atoms with Gasteiger partial charge in [-0.15, -0.1) is 0 Å². The fourth-order valence-electron chi connectivity index (χ4n) is 2.46. The Morgan fingerprint density at radius 1 is 1.22 bits per heavy atom. The highest BCUT2D eigenvalue weighted by Crippen LogP contribution is 2.17. The van der Waals surface area contributed by atoms with Crippen LogP contribution in [0.25, 0.3) is 11.5 Å². The largest absolute Gasteiger partial charge is 0.354 e. The SMILES string of the molecule is O=C(Nc1cnn(Cc2cccc(F)c2)c1)c1cc(-c2cnccn2)on1. The zero-order chi connectivity index (χ0) is 18.6. The maximum Gasteiger partial charge on any atom is 0.277 e. The molecule has 0 saturated carbocycles. The Morgan fingerprint density at radius 2 is 2.15 bits per heavy atom. The Kier molecular flexibility index (Phi) is 4.40. The lowest BCUT2D eigenvalue weighted by Gasteiger charge is -2.01. The predicted molar refractivity (Wildman–Crippen MR) is 93.2 cm³/mol. The first-order valence-electron chi connectivity index (χ1n) is 7.99. The number of hydrogen-bond acceptors (Lipinski definition) is 6. The summed E-state index contributed by atoms with van der Waals surface area (Å²) in [5.74, 6) is -0.410. The van der Waals surface area contributed by atoms with Crippen LogP contribution in [-0.4, -0.2) is 30.8 Å². The average molecular weight is 364 g/mol. The van der Waals surface area contributed by atoms with E-state index in [1.807, 2.05) is 0 Å². The van der Waals surface area contributed by atoms with Crippen LogP contribution in [0.2, 0.25) is 0 Å². The number of carbonyl (C=O) groups excluding carboxylic acids is 1. The highest BCUT2D eigenvalue weighted by atomic mass is 19.1. The summed E-state index contributed by atoms with van der Waals surface area (Å²) in [5.41, 5.74) is 1.84. The van der Waals surface area contributed by atoms with Gasteiger partial charge in [0.25, 0.3) is 5.91 Å². The molecule has 4 rings (SSSR count). The monoisotopic (exact) mass is 364 g/mol. The van der Waals surface area contributed by atoms with E-state index in [2.05, 4.69) is 25.5 Å². The minimum absolute atomic E-state index is 0.105. The Balaban J connectivity index is 1.43. The molecule has 0 saturated heterocycles. The molecule has 4 aromatic rings. The van der Waals surface area contributed by atoms with Gasteiger partial charge in [-0.2, -0.15) is 5.10 Å². The molecule has 9 heteroatoms. The number of rotatable bonds is 5. The van der Waals surface area contributed by atoms with Crippen molar-refractivity contribution in [3.63, 3.8) is 0 Å². The molecule has 0 fully saturated rings. The van der Waals surface area contributed by atoms with Crippen molar-refractivity contribution >= 4 is 11.6 Å². The third-order valence-corrected chi connectivity index (χ3v) is 3.68. The molecule has 8 nitrogen and oxygen atoms in total. The first kappa shape index (κ1) is 16.6. The number of hydrogen-bond donors (Lipinski definition) is 1. The minimum Gasteiger partial charge on any atom is -0.354 e. The number of aromatic nitrogens is 5. The fraction of sp³-hybridized carbons (Fsp3) is 0.0556. The summed E-state index contributed by atoms with van der Waals surface area (Å²) in [6, 6.07) is 7.73. The third-order valence-electron chi connectivity index (χ3n) is 3.68. The number of nitrogens with zero attached hydrogens (tertiary/aromatic N) is 5. The topological polar surface area (TPSA) is 98.7 Å². The van der Waals surface area contributed by atoms with Crippen LogP contribution in [0.3, 0.4) is 0 Å². The van der Waals surface area contributed by atoms with Crippen LogP contribution in [0.5, 0.6) is 0 Å². The average Bonchev–Trinajstić information content (AvgIpc) is 3.32. The van der Waals surface area contributed by atoms with E-state index in [0.717, 1.165) is 5.56 Å². The fourth-order valence-corrected chi connectivity index (χ4v) is 2.46. The van der Waals surface area contributed by atoms with Gasteiger partial charge in [0.2, 0.25) is 0 Å². The van der Waals surface area contributed by atoms with Gasteiger partial charge in [0.1, 0.15) is 11.5 Å². The Bertz CT molecular complexity index is 1080. The first-order chi connectivity index (χ1) is 13.2. The number of anilines is 1.